The molecule has 0 spiro atoms. The zero-order chi connectivity index (χ0) is 18.4. The number of carboxylic acid groups (broad SMARTS) is 1. The average Bonchev–Trinajstić information content (AvgIpc) is 2.60. The van der Waals surface area contributed by atoms with Crippen molar-refractivity contribution in [3.63, 3.8) is 0 Å². The van der Waals surface area contributed by atoms with Crippen LogP contribution >= 0.6 is 0 Å². The van der Waals surface area contributed by atoms with E-state index in [9.17, 15) is 4.79 Å². The molecule has 3 nitrogen and oxygen atoms in total. The van der Waals surface area contributed by atoms with E-state index in [2.05, 4.69) is 24.8 Å². The fourth-order valence-electron chi connectivity index (χ4n) is 2.61. The van der Waals surface area contributed by atoms with E-state index in [-0.39, 0.29) is 6.61 Å². The molecular weight excluding hydrogens is 312 g/mol. The first-order valence-electron chi connectivity index (χ1n) is 10.1. The fourth-order valence-corrected chi connectivity index (χ4v) is 2.61. The van der Waals surface area contributed by atoms with Gasteiger partial charge in [0.15, 0.2) is 6.61 Å². The average molecular weight is 351 g/mol. The number of allylic oxidation sites excluding steroid dienone is 3. The molecule has 0 heterocycles. The molecule has 0 atom stereocenters. The van der Waals surface area contributed by atoms with Gasteiger partial charge in [0, 0.05) is 0 Å². The van der Waals surface area contributed by atoms with Crippen LogP contribution in [0.4, 0.5) is 0 Å². The largest absolute Gasteiger partial charge is 0.481 e. The third kappa shape index (κ3) is 22.5. The number of carboxylic acids is 1. The molecule has 144 valence electrons. The van der Waals surface area contributed by atoms with E-state index in [4.69, 9.17) is 9.84 Å². The van der Waals surface area contributed by atoms with Crippen molar-refractivity contribution in [2.24, 2.45) is 0 Å². The molecule has 0 aromatic carbocycles. The number of unbranched alkanes of at least 4 members (excludes halogenated alkanes) is 12. The van der Waals surface area contributed by atoms with Gasteiger partial charge in [0.1, 0.15) is 6.26 Å². The van der Waals surface area contributed by atoms with Crippen molar-refractivity contribution < 1.29 is 14.6 Å². The van der Waals surface area contributed by atoms with Crippen LogP contribution in [0.5, 0.6) is 0 Å². The van der Waals surface area contributed by atoms with E-state index in [1.807, 2.05) is 6.08 Å². The number of hydrogen-bond acceptors (Lipinski definition) is 2. The maximum Gasteiger partial charge on any atom is 0.341 e. The Balaban J connectivity index is 3.23. The third-order valence-corrected chi connectivity index (χ3v) is 4.09. The van der Waals surface area contributed by atoms with E-state index in [1.54, 1.807) is 0 Å². The van der Waals surface area contributed by atoms with Gasteiger partial charge in [0.05, 0.1) is 0 Å². The van der Waals surface area contributed by atoms with Crippen LogP contribution in [-0.2, 0) is 9.53 Å². The summed E-state index contributed by atoms with van der Waals surface area (Å²) in [4.78, 5) is 10.2. The second-order valence-electron chi connectivity index (χ2n) is 6.57. The summed E-state index contributed by atoms with van der Waals surface area (Å²) < 4.78 is 4.75. The van der Waals surface area contributed by atoms with Crippen molar-refractivity contribution >= 4 is 5.97 Å². The molecule has 0 aromatic rings. The summed E-state index contributed by atoms with van der Waals surface area (Å²) in [6.45, 7) is 1.97. The molecule has 0 amide bonds. The van der Waals surface area contributed by atoms with Gasteiger partial charge < -0.3 is 9.84 Å². The Labute approximate surface area is 154 Å². The summed E-state index contributed by atoms with van der Waals surface area (Å²) in [5.41, 5.74) is 2.84. The van der Waals surface area contributed by atoms with E-state index in [0.717, 1.165) is 19.3 Å². The summed E-state index contributed by atoms with van der Waals surface area (Å²) in [7, 11) is 0. The van der Waals surface area contributed by atoms with Crippen molar-refractivity contribution in [1.82, 2.24) is 0 Å². The zero-order valence-corrected chi connectivity index (χ0v) is 16.2. The van der Waals surface area contributed by atoms with E-state index in [1.165, 1.54) is 76.9 Å². The summed E-state index contributed by atoms with van der Waals surface area (Å²) in [6, 6.07) is 0. The van der Waals surface area contributed by atoms with E-state index < -0.39 is 5.97 Å². The molecule has 0 aliphatic carbocycles. The smallest absolute Gasteiger partial charge is 0.341 e. The predicted molar refractivity (Wildman–Crippen MR) is 106 cm³/mol. The minimum absolute atomic E-state index is 0.301. The van der Waals surface area contributed by atoms with Crippen LogP contribution in [0.2, 0.25) is 0 Å². The molecule has 0 aromatic heterocycles. The first-order valence-corrected chi connectivity index (χ1v) is 10.1. The number of carbonyl (C=O) groups is 1. The van der Waals surface area contributed by atoms with Crippen LogP contribution in [0.3, 0.4) is 0 Å². The quantitative estimate of drug-likeness (QED) is 0.128. The number of aliphatic carboxylic acids is 1. The third-order valence-electron chi connectivity index (χ3n) is 4.09. The fraction of sp³-hybridized carbons (Fsp3) is 0.727. The van der Waals surface area contributed by atoms with Crippen molar-refractivity contribution in [2.45, 2.75) is 96.8 Å². The monoisotopic (exact) mass is 350 g/mol. The molecular formula is C22H38O3. The summed E-state index contributed by atoms with van der Waals surface area (Å²) >= 11 is 0. The van der Waals surface area contributed by atoms with Gasteiger partial charge in [0.2, 0.25) is 0 Å². The van der Waals surface area contributed by atoms with Crippen LogP contribution in [0.1, 0.15) is 96.8 Å². The number of hydrogen-bond donors (Lipinski definition) is 1. The highest BCUT2D eigenvalue weighted by Gasteiger charge is 1.92. The van der Waals surface area contributed by atoms with Crippen LogP contribution in [0, 0.1) is 0 Å². The summed E-state index contributed by atoms with van der Waals surface area (Å²) in [5, 5.41) is 8.38. The lowest BCUT2D eigenvalue weighted by atomic mass is 10.1. The lowest BCUT2D eigenvalue weighted by molar-refractivity contribution is -0.140. The molecule has 25 heavy (non-hydrogen) atoms. The number of ether oxygens (including phenoxy) is 1. The maximum absolute atomic E-state index is 10.2. The van der Waals surface area contributed by atoms with Crippen molar-refractivity contribution in [2.75, 3.05) is 6.61 Å². The molecule has 0 radical (unpaired) electrons. The van der Waals surface area contributed by atoms with E-state index in [0.29, 0.717) is 0 Å². The molecule has 0 rings (SSSR count). The van der Waals surface area contributed by atoms with Gasteiger partial charge in [-0.25, -0.2) is 4.79 Å². The molecule has 1 N–H and O–H groups in total. The first-order chi connectivity index (χ1) is 12.3. The molecule has 0 aliphatic rings. The highest BCUT2D eigenvalue weighted by atomic mass is 16.5. The summed E-state index contributed by atoms with van der Waals surface area (Å²) in [5.74, 6) is -0.966. The van der Waals surface area contributed by atoms with Crippen molar-refractivity contribution in [3.05, 3.63) is 30.2 Å². The van der Waals surface area contributed by atoms with Gasteiger partial charge >= 0.3 is 5.97 Å². The van der Waals surface area contributed by atoms with E-state index >= 15 is 0 Å². The Morgan fingerprint density at radius 2 is 1.36 bits per heavy atom. The van der Waals surface area contributed by atoms with Gasteiger partial charge in [-0.15, -0.1) is 0 Å². The maximum atomic E-state index is 10.2. The first kappa shape index (κ1) is 23.5. The standard InChI is InChI=1S/C22H38O3/c1-2-3-4-5-6-7-8-9-10-11-12-13-14-15-16-17-18-19-20-25-21-22(23)24/h12-13,18,20H,2-11,14-17,21H2,1H3,(H,23,24). The van der Waals surface area contributed by atoms with Crippen LogP contribution in [-0.4, -0.2) is 17.7 Å². The molecule has 0 saturated carbocycles. The molecule has 0 fully saturated rings. The second kappa shape index (κ2) is 20.6. The minimum atomic E-state index is -0.966. The Morgan fingerprint density at radius 1 is 0.840 bits per heavy atom. The topological polar surface area (TPSA) is 46.5 Å². The number of rotatable bonds is 18. The van der Waals surface area contributed by atoms with Gasteiger partial charge in [0.25, 0.3) is 0 Å². The Hall–Kier alpha value is -1.47. The van der Waals surface area contributed by atoms with Crippen molar-refractivity contribution in [1.29, 1.82) is 0 Å². The second-order valence-corrected chi connectivity index (χ2v) is 6.57. The molecule has 0 bridgehead atoms. The van der Waals surface area contributed by atoms with Gasteiger partial charge in [-0.3, -0.25) is 0 Å². The molecule has 0 saturated heterocycles. The van der Waals surface area contributed by atoms with Crippen molar-refractivity contribution in [3.8, 4) is 0 Å². The van der Waals surface area contributed by atoms with Gasteiger partial charge in [-0.05, 0) is 44.6 Å². The molecule has 3 heteroatoms. The summed E-state index contributed by atoms with van der Waals surface area (Å²) in [6.07, 6.45) is 26.0. The Morgan fingerprint density at radius 3 is 1.96 bits per heavy atom. The Bertz CT molecular complexity index is 379. The molecule has 0 unspecified atom stereocenters. The normalized spacial score (nSPS) is 10.6. The highest BCUT2D eigenvalue weighted by molar-refractivity contribution is 5.68. The predicted octanol–water partition coefficient (Wildman–Crippen LogP) is 6.79. The lowest BCUT2D eigenvalue weighted by Gasteiger charge is -2.00. The van der Waals surface area contributed by atoms with Crippen LogP contribution < -0.4 is 0 Å². The Kier molecular flexibility index (Phi) is 19.4. The SMILES string of the molecule is CCCCCCCCCCCC=CCCCCC=C=COCC(=O)O. The highest BCUT2D eigenvalue weighted by Crippen LogP contribution is 2.11. The zero-order valence-electron chi connectivity index (χ0n) is 16.2. The van der Waals surface area contributed by atoms with Crippen LogP contribution in [0.25, 0.3) is 0 Å². The van der Waals surface area contributed by atoms with Gasteiger partial charge in [-0.2, -0.15) is 0 Å². The lowest BCUT2D eigenvalue weighted by Crippen LogP contribution is -2.02. The molecule has 0 aliphatic heterocycles. The van der Waals surface area contributed by atoms with Gasteiger partial charge in [-0.1, -0.05) is 76.2 Å². The van der Waals surface area contributed by atoms with Crippen LogP contribution in [0.15, 0.2) is 30.2 Å². The minimum Gasteiger partial charge on any atom is -0.481 e.